The zero-order valence-electron chi connectivity index (χ0n) is 16.6. The van der Waals surface area contributed by atoms with Crippen LogP contribution >= 0.6 is 0 Å². The molecule has 4 aromatic rings. The lowest BCUT2D eigenvalue weighted by atomic mass is 10.2. The Morgan fingerprint density at radius 3 is 2.53 bits per heavy atom. The summed E-state index contributed by atoms with van der Waals surface area (Å²) in [7, 11) is 0. The summed E-state index contributed by atoms with van der Waals surface area (Å²) in [6.45, 7) is -0.168. The first-order chi connectivity index (χ1) is 15.4. The van der Waals surface area contributed by atoms with Gasteiger partial charge >= 0.3 is 5.69 Å². The maximum absolute atomic E-state index is 13.7. The quantitative estimate of drug-likeness (QED) is 0.484. The second-order valence-electron chi connectivity index (χ2n) is 6.93. The van der Waals surface area contributed by atoms with Crippen LogP contribution in [-0.2, 0) is 17.9 Å². The number of amides is 2. The van der Waals surface area contributed by atoms with Crippen molar-refractivity contribution in [1.29, 1.82) is 0 Å². The van der Waals surface area contributed by atoms with Crippen LogP contribution in [0.5, 0.6) is 0 Å². The molecular formula is C22H17F2N5O3. The Morgan fingerprint density at radius 2 is 1.78 bits per heavy atom. The number of nitrogens with zero attached hydrogens (tertiary/aromatic N) is 3. The largest absolute Gasteiger partial charge is 0.350 e. The average molecular weight is 437 g/mol. The number of anilines is 1. The van der Waals surface area contributed by atoms with Crippen LogP contribution in [-0.4, -0.2) is 26.0 Å². The van der Waals surface area contributed by atoms with E-state index in [4.69, 9.17) is 0 Å². The topological polar surface area (TPSA) is 97.5 Å². The number of carbonyl (C=O) groups is 2. The summed E-state index contributed by atoms with van der Waals surface area (Å²) >= 11 is 0. The highest BCUT2D eigenvalue weighted by molar-refractivity contribution is 5.94. The number of aromatic nitrogens is 3. The van der Waals surface area contributed by atoms with Gasteiger partial charge in [0.15, 0.2) is 5.65 Å². The Bertz CT molecular complexity index is 1370. The van der Waals surface area contributed by atoms with Gasteiger partial charge < -0.3 is 10.6 Å². The first kappa shape index (κ1) is 20.9. The van der Waals surface area contributed by atoms with E-state index in [2.05, 4.69) is 15.7 Å². The van der Waals surface area contributed by atoms with E-state index in [0.29, 0.717) is 12.6 Å². The third-order valence-electron chi connectivity index (χ3n) is 4.63. The molecule has 0 atom stereocenters. The molecule has 32 heavy (non-hydrogen) atoms. The zero-order chi connectivity index (χ0) is 22.7. The minimum Gasteiger partial charge on any atom is -0.348 e. The standard InChI is InChI=1S/C22H17F2N5O3/c23-16-7-8-18(17(24)10-16)26-20(30)13-29-22(32)28-12-15(6-9-19(28)27-29)21(31)25-11-14-4-2-1-3-5-14/h1-10,12H,11,13H2,(H,25,31)(H,26,30). The van der Waals surface area contributed by atoms with E-state index in [-0.39, 0.29) is 22.8 Å². The van der Waals surface area contributed by atoms with Crippen LogP contribution in [0.25, 0.3) is 5.65 Å². The lowest BCUT2D eigenvalue weighted by Gasteiger charge is -2.05. The maximum atomic E-state index is 13.7. The van der Waals surface area contributed by atoms with E-state index in [1.165, 1.54) is 18.3 Å². The zero-order valence-corrected chi connectivity index (χ0v) is 16.6. The first-order valence-corrected chi connectivity index (χ1v) is 9.57. The van der Waals surface area contributed by atoms with Crippen molar-refractivity contribution in [2.45, 2.75) is 13.1 Å². The number of hydrogen-bond donors (Lipinski definition) is 2. The Labute approximate surface area is 180 Å². The van der Waals surface area contributed by atoms with Gasteiger partial charge in [0, 0.05) is 18.8 Å². The first-order valence-electron chi connectivity index (χ1n) is 9.57. The van der Waals surface area contributed by atoms with E-state index in [1.54, 1.807) is 0 Å². The SMILES string of the molecule is O=C(Cn1nc2ccc(C(=O)NCc3ccccc3)cn2c1=O)Nc1ccc(F)cc1F. The summed E-state index contributed by atoms with van der Waals surface area (Å²) in [5.41, 5.74) is 0.539. The molecule has 0 bridgehead atoms. The Morgan fingerprint density at radius 1 is 1.00 bits per heavy atom. The fourth-order valence-electron chi connectivity index (χ4n) is 3.05. The maximum Gasteiger partial charge on any atom is 0.350 e. The van der Waals surface area contributed by atoms with Crippen LogP contribution in [0.3, 0.4) is 0 Å². The second-order valence-corrected chi connectivity index (χ2v) is 6.93. The van der Waals surface area contributed by atoms with E-state index in [9.17, 15) is 23.2 Å². The van der Waals surface area contributed by atoms with Gasteiger partial charge in [0.1, 0.15) is 18.2 Å². The van der Waals surface area contributed by atoms with Gasteiger partial charge in [-0.25, -0.2) is 22.7 Å². The summed E-state index contributed by atoms with van der Waals surface area (Å²) in [6.07, 6.45) is 1.33. The number of hydrogen-bond acceptors (Lipinski definition) is 4. The number of fused-ring (bicyclic) bond motifs is 1. The second kappa shape index (κ2) is 8.80. The molecule has 0 saturated heterocycles. The van der Waals surface area contributed by atoms with Crippen LogP contribution in [0.4, 0.5) is 14.5 Å². The third kappa shape index (κ3) is 4.53. The molecule has 4 rings (SSSR count). The van der Waals surface area contributed by atoms with Crippen LogP contribution in [0.2, 0.25) is 0 Å². The summed E-state index contributed by atoms with van der Waals surface area (Å²) in [5.74, 6) is -2.81. The van der Waals surface area contributed by atoms with Crippen LogP contribution in [0.1, 0.15) is 15.9 Å². The van der Waals surface area contributed by atoms with Gasteiger partial charge in [-0.1, -0.05) is 30.3 Å². The molecule has 2 N–H and O–H groups in total. The molecule has 2 aromatic heterocycles. The predicted octanol–water partition coefficient (Wildman–Crippen LogP) is 2.34. The van der Waals surface area contributed by atoms with Gasteiger partial charge in [0.2, 0.25) is 5.91 Å². The monoisotopic (exact) mass is 437 g/mol. The van der Waals surface area contributed by atoms with E-state index < -0.39 is 29.8 Å². The van der Waals surface area contributed by atoms with E-state index >= 15 is 0 Å². The summed E-state index contributed by atoms with van der Waals surface area (Å²) < 4.78 is 28.7. The molecule has 0 saturated carbocycles. The Balaban J connectivity index is 1.48. The molecule has 0 radical (unpaired) electrons. The smallest absolute Gasteiger partial charge is 0.348 e. The lowest BCUT2D eigenvalue weighted by Crippen LogP contribution is -2.29. The highest BCUT2D eigenvalue weighted by Gasteiger charge is 2.15. The minimum absolute atomic E-state index is 0.217. The molecule has 10 heteroatoms. The Hall–Kier alpha value is -4.34. The van der Waals surface area contributed by atoms with Gasteiger partial charge in [-0.15, -0.1) is 5.10 Å². The van der Waals surface area contributed by atoms with Crippen LogP contribution in [0.15, 0.2) is 71.7 Å². The third-order valence-corrected chi connectivity index (χ3v) is 4.63. The van der Waals surface area contributed by atoms with Crippen molar-refractivity contribution in [3.05, 3.63) is 100 Å². The molecule has 0 aliphatic heterocycles. The number of nitrogens with one attached hydrogen (secondary N) is 2. The molecule has 0 aliphatic carbocycles. The van der Waals surface area contributed by atoms with Crippen LogP contribution < -0.4 is 16.3 Å². The van der Waals surface area contributed by atoms with Crippen molar-refractivity contribution in [3.8, 4) is 0 Å². The highest BCUT2D eigenvalue weighted by atomic mass is 19.1. The molecule has 2 aromatic carbocycles. The molecule has 8 nitrogen and oxygen atoms in total. The molecule has 0 aliphatic rings. The molecule has 2 heterocycles. The Kier molecular flexibility index (Phi) is 5.75. The van der Waals surface area contributed by atoms with Crippen LogP contribution in [0, 0.1) is 11.6 Å². The number of pyridine rings is 1. The summed E-state index contributed by atoms with van der Waals surface area (Å²) in [4.78, 5) is 37.2. The fourth-order valence-corrected chi connectivity index (χ4v) is 3.05. The van der Waals surface area contributed by atoms with E-state index in [1.807, 2.05) is 30.3 Å². The number of benzene rings is 2. The fraction of sp³-hybridized carbons (Fsp3) is 0.0909. The van der Waals surface area contributed by atoms with Crippen molar-refractivity contribution in [2.75, 3.05) is 5.32 Å². The molecule has 0 fully saturated rings. The summed E-state index contributed by atoms with van der Waals surface area (Å²) in [5, 5.41) is 9.08. The van der Waals surface area contributed by atoms with Crippen molar-refractivity contribution < 1.29 is 18.4 Å². The van der Waals surface area contributed by atoms with Crippen molar-refractivity contribution in [2.24, 2.45) is 0 Å². The number of rotatable bonds is 6. The van der Waals surface area contributed by atoms with E-state index in [0.717, 1.165) is 26.8 Å². The molecule has 0 unspecified atom stereocenters. The normalized spacial score (nSPS) is 10.8. The molecule has 0 spiro atoms. The van der Waals surface area contributed by atoms with Crippen molar-refractivity contribution >= 4 is 23.1 Å². The number of halogens is 2. The summed E-state index contributed by atoms with van der Waals surface area (Å²) in [6, 6.07) is 15.1. The molecule has 162 valence electrons. The van der Waals surface area contributed by atoms with Gasteiger partial charge in [-0.2, -0.15) is 0 Å². The highest BCUT2D eigenvalue weighted by Crippen LogP contribution is 2.14. The number of carbonyl (C=O) groups excluding carboxylic acids is 2. The van der Waals surface area contributed by atoms with Gasteiger partial charge in [-0.3, -0.25) is 9.59 Å². The molecule has 2 amide bonds. The van der Waals surface area contributed by atoms with Gasteiger partial charge in [-0.05, 0) is 29.8 Å². The van der Waals surface area contributed by atoms with Gasteiger partial charge in [0.05, 0.1) is 11.3 Å². The predicted molar refractivity (Wildman–Crippen MR) is 112 cm³/mol. The van der Waals surface area contributed by atoms with Gasteiger partial charge in [0.25, 0.3) is 5.91 Å². The van der Waals surface area contributed by atoms with Crippen molar-refractivity contribution in [3.63, 3.8) is 0 Å². The lowest BCUT2D eigenvalue weighted by molar-refractivity contribution is -0.117. The van der Waals surface area contributed by atoms with Crippen molar-refractivity contribution in [1.82, 2.24) is 19.5 Å². The molecular weight excluding hydrogens is 420 g/mol. The minimum atomic E-state index is -0.938. The average Bonchev–Trinajstić information content (AvgIpc) is 3.09.